The summed E-state index contributed by atoms with van der Waals surface area (Å²) in [4.78, 5) is 50.2. The molecule has 0 bridgehead atoms. The van der Waals surface area contributed by atoms with Crippen LogP contribution < -0.4 is 4.90 Å². The third-order valence-electron chi connectivity index (χ3n) is 5.54. The molecule has 1 saturated heterocycles. The quantitative estimate of drug-likeness (QED) is 0.586. The van der Waals surface area contributed by atoms with Crippen LogP contribution in [0.3, 0.4) is 0 Å². The molecule has 1 N–H and O–H groups in total. The summed E-state index contributed by atoms with van der Waals surface area (Å²) >= 11 is 0. The third kappa shape index (κ3) is 5.60. The van der Waals surface area contributed by atoms with Crippen LogP contribution in [0, 0.1) is 0 Å². The molecule has 1 aliphatic rings. The van der Waals surface area contributed by atoms with Gasteiger partial charge < -0.3 is 24.2 Å². The Balaban J connectivity index is 1.79. The molecule has 1 heterocycles. The van der Waals surface area contributed by atoms with Crippen LogP contribution in [0.2, 0.25) is 0 Å². The number of hydrogen-bond donors (Lipinski definition) is 1. The van der Waals surface area contributed by atoms with Crippen LogP contribution in [-0.4, -0.2) is 54.3 Å². The molecule has 0 unspecified atom stereocenters. The normalized spacial score (nSPS) is 17.1. The fourth-order valence-corrected chi connectivity index (χ4v) is 3.58. The molecular formula is C25H27NO8. The molecule has 180 valence electrons. The third-order valence-corrected chi connectivity index (χ3v) is 5.54. The molecule has 0 radical (unpaired) electrons. The van der Waals surface area contributed by atoms with Gasteiger partial charge in [0.15, 0.2) is 6.10 Å². The van der Waals surface area contributed by atoms with Gasteiger partial charge in [-0.15, -0.1) is 0 Å². The first-order chi connectivity index (χ1) is 16.1. The van der Waals surface area contributed by atoms with Crippen LogP contribution in [0.25, 0.3) is 0 Å². The van der Waals surface area contributed by atoms with Gasteiger partial charge in [-0.3, -0.25) is 14.4 Å². The molecule has 0 aliphatic carbocycles. The second kappa shape index (κ2) is 10.5. The van der Waals surface area contributed by atoms with Crippen molar-refractivity contribution in [3.05, 3.63) is 65.7 Å². The van der Waals surface area contributed by atoms with Crippen molar-refractivity contribution in [2.45, 2.75) is 45.0 Å². The summed E-state index contributed by atoms with van der Waals surface area (Å²) < 4.78 is 15.7. The van der Waals surface area contributed by atoms with E-state index in [1.807, 2.05) is 30.3 Å². The number of morpholine rings is 1. The Morgan fingerprint density at radius 2 is 1.85 bits per heavy atom. The largest absolute Gasteiger partial charge is 0.478 e. The Morgan fingerprint density at radius 3 is 2.50 bits per heavy atom. The van der Waals surface area contributed by atoms with Crippen molar-refractivity contribution < 1.29 is 38.5 Å². The zero-order chi connectivity index (χ0) is 24.9. The minimum Gasteiger partial charge on any atom is -0.478 e. The maximum Gasteiger partial charge on any atom is 0.348 e. The highest BCUT2D eigenvalue weighted by atomic mass is 16.6. The Kier molecular flexibility index (Phi) is 7.68. The Morgan fingerprint density at radius 1 is 1.15 bits per heavy atom. The van der Waals surface area contributed by atoms with E-state index in [0.717, 1.165) is 12.5 Å². The number of esters is 2. The molecule has 1 aliphatic heterocycles. The van der Waals surface area contributed by atoms with Crippen LogP contribution in [0.1, 0.15) is 31.9 Å². The molecule has 9 heteroatoms. The Labute approximate surface area is 197 Å². The number of ether oxygens (including phenoxy) is 3. The first-order valence-electron chi connectivity index (χ1n) is 10.8. The molecule has 2 atom stereocenters. The van der Waals surface area contributed by atoms with E-state index in [2.05, 4.69) is 0 Å². The fourth-order valence-electron chi connectivity index (χ4n) is 3.58. The van der Waals surface area contributed by atoms with Gasteiger partial charge in [-0.1, -0.05) is 42.5 Å². The predicted octanol–water partition coefficient (Wildman–Crippen LogP) is 2.46. The summed E-state index contributed by atoms with van der Waals surface area (Å²) in [6.45, 7) is 4.87. The number of anilines is 1. The molecular weight excluding hydrogens is 442 g/mol. The number of aliphatic carboxylic acids is 1. The summed E-state index contributed by atoms with van der Waals surface area (Å²) in [6.07, 6.45) is -3.25. The zero-order valence-corrected chi connectivity index (χ0v) is 19.2. The number of carbonyl (C=O) groups is 4. The van der Waals surface area contributed by atoms with E-state index in [1.165, 1.54) is 4.90 Å². The average Bonchev–Trinajstić information content (AvgIpc) is 2.81. The molecule has 34 heavy (non-hydrogen) atoms. The topological polar surface area (TPSA) is 119 Å². The number of carboxylic acid groups (broad SMARTS) is 1. The summed E-state index contributed by atoms with van der Waals surface area (Å²) in [5.41, 5.74) is 0.937. The minimum absolute atomic E-state index is 0.0498. The Bertz CT molecular complexity index is 1070. The summed E-state index contributed by atoms with van der Waals surface area (Å²) in [5, 5.41) is 9.41. The molecule has 0 spiro atoms. The molecule has 1 amide bonds. The summed E-state index contributed by atoms with van der Waals surface area (Å²) in [5.74, 6) is -3.40. The van der Waals surface area contributed by atoms with E-state index in [-0.39, 0.29) is 19.8 Å². The van der Waals surface area contributed by atoms with Crippen LogP contribution in [0.15, 0.2) is 54.6 Å². The highest BCUT2D eigenvalue weighted by Crippen LogP contribution is 2.30. The Hall–Kier alpha value is -3.72. The molecule has 1 fully saturated rings. The maximum atomic E-state index is 13.1. The fraction of sp³-hybridized carbons (Fsp3) is 0.360. The number of hydrogen-bond acceptors (Lipinski definition) is 7. The number of benzene rings is 2. The predicted molar refractivity (Wildman–Crippen MR) is 121 cm³/mol. The van der Waals surface area contributed by atoms with Gasteiger partial charge in [0, 0.05) is 19.2 Å². The highest BCUT2D eigenvalue weighted by Gasteiger charge is 2.43. The van der Waals surface area contributed by atoms with Crippen molar-refractivity contribution >= 4 is 29.5 Å². The summed E-state index contributed by atoms with van der Waals surface area (Å²) in [7, 11) is 0. The maximum absolute atomic E-state index is 13.1. The monoisotopic (exact) mass is 469 g/mol. The number of nitrogens with zero attached hydrogens (tertiary/aromatic N) is 1. The van der Waals surface area contributed by atoms with Crippen LogP contribution in [0.4, 0.5) is 5.69 Å². The van der Waals surface area contributed by atoms with Crippen molar-refractivity contribution in [2.75, 3.05) is 18.1 Å². The number of carbonyl (C=O) groups excluding carboxylic acids is 3. The van der Waals surface area contributed by atoms with Gasteiger partial charge in [0.2, 0.25) is 6.10 Å². The van der Waals surface area contributed by atoms with Crippen LogP contribution in [0.5, 0.6) is 0 Å². The smallest absolute Gasteiger partial charge is 0.348 e. The molecule has 0 aromatic heterocycles. The van der Waals surface area contributed by atoms with Gasteiger partial charge in [0.25, 0.3) is 5.91 Å². The van der Waals surface area contributed by atoms with Gasteiger partial charge in [0.05, 0.1) is 12.0 Å². The lowest BCUT2D eigenvalue weighted by Gasteiger charge is -2.35. The molecule has 3 rings (SSSR count). The van der Waals surface area contributed by atoms with E-state index in [1.54, 1.807) is 38.1 Å². The molecule has 9 nitrogen and oxygen atoms in total. The van der Waals surface area contributed by atoms with E-state index >= 15 is 0 Å². The SMILES string of the molecule is CC(=O)O[C@@H](C(=O)O)[C@H]1OCCN(c2cccc(C(C)(C)C(=O)OCc3ccccc3)c2)C1=O. The van der Waals surface area contributed by atoms with Crippen molar-refractivity contribution in [2.24, 2.45) is 0 Å². The van der Waals surface area contributed by atoms with Gasteiger partial charge >= 0.3 is 17.9 Å². The zero-order valence-electron chi connectivity index (χ0n) is 19.2. The van der Waals surface area contributed by atoms with Crippen molar-refractivity contribution in [3.8, 4) is 0 Å². The molecule has 0 saturated carbocycles. The number of carboxylic acids is 1. The van der Waals surface area contributed by atoms with Gasteiger partial charge in [0.1, 0.15) is 6.61 Å². The van der Waals surface area contributed by atoms with Gasteiger partial charge in [-0.2, -0.15) is 0 Å². The lowest BCUT2D eigenvalue weighted by molar-refractivity contribution is -0.177. The van der Waals surface area contributed by atoms with Crippen molar-refractivity contribution in [1.29, 1.82) is 0 Å². The van der Waals surface area contributed by atoms with Gasteiger partial charge in [-0.05, 0) is 37.1 Å². The first kappa shape index (κ1) is 24.9. The molecule has 2 aromatic rings. The van der Waals surface area contributed by atoms with Crippen molar-refractivity contribution in [1.82, 2.24) is 0 Å². The van der Waals surface area contributed by atoms with E-state index in [4.69, 9.17) is 14.2 Å². The van der Waals surface area contributed by atoms with E-state index in [0.29, 0.717) is 11.3 Å². The second-order valence-corrected chi connectivity index (χ2v) is 8.39. The second-order valence-electron chi connectivity index (χ2n) is 8.39. The first-order valence-corrected chi connectivity index (χ1v) is 10.8. The van der Waals surface area contributed by atoms with E-state index < -0.39 is 41.4 Å². The highest BCUT2D eigenvalue weighted by molar-refractivity contribution is 6.00. The molecule has 2 aromatic carbocycles. The summed E-state index contributed by atoms with van der Waals surface area (Å²) in [6, 6.07) is 16.2. The number of amides is 1. The van der Waals surface area contributed by atoms with Crippen LogP contribution >= 0.6 is 0 Å². The van der Waals surface area contributed by atoms with Crippen molar-refractivity contribution in [3.63, 3.8) is 0 Å². The number of rotatable bonds is 8. The minimum atomic E-state index is -1.76. The van der Waals surface area contributed by atoms with Crippen LogP contribution in [-0.2, 0) is 45.4 Å². The standard InChI is InChI=1S/C25H27NO8/c1-16(27)34-21(23(29)30)20-22(28)26(12-13-32-20)19-11-7-10-18(14-19)25(2,3)24(31)33-15-17-8-5-4-6-9-17/h4-11,14,20-21H,12-13,15H2,1-3H3,(H,29,30)/t20-,21-/m1/s1. The van der Waals surface area contributed by atoms with Gasteiger partial charge in [-0.25, -0.2) is 4.79 Å². The van der Waals surface area contributed by atoms with E-state index in [9.17, 15) is 24.3 Å². The lowest BCUT2D eigenvalue weighted by atomic mass is 9.84. The lowest BCUT2D eigenvalue weighted by Crippen LogP contribution is -2.55. The average molecular weight is 469 g/mol.